The van der Waals surface area contributed by atoms with E-state index in [1.165, 1.54) is 11.8 Å². The van der Waals surface area contributed by atoms with Gasteiger partial charge < -0.3 is 20.5 Å². The van der Waals surface area contributed by atoms with Crippen LogP contribution in [0.15, 0.2) is 89.0 Å². The standard InChI is InChI=1S/C30H32N8O3S/c1-20-14-26(36-35-20)32-29-34-30(33-27-8-5-13-38(27)29)42-25-11-9-22(10-12-25)31-28(40)17-37-16-24(15-23(37)18-39)41-19-21-6-3-2-4-7-21/h2-14,23-24,39H,15-19H2,1H3,(H,31,40)(H2,32,33,34,35,36)/t23-,24+/m0/s1. The summed E-state index contributed by atoms with van der Waals surface area (Å²) >= 11 is 1.43. The second kappa shape index (κ2) is 12.7. The molecule has 3 aromatic heterocycles. The van der Waals surface area contributed by atoms with Crippen LogP contribution in [-0.4, -0.2) is 72.3 Å². The van der Waals surface area contributed by atoms with E-state index in [-0.39, 0.29) is 31.2 Å². The van der Waals surface area contributed by atoms with Gasteiger partial charge in [-0.25, -0.2) is 4.98 Å². The minimum Gasteiger partial charge on any atom is -0.395 e. The average Bonchev–Trinajstić information content (AvgIpc) is 3.73. The molecule has 1 aliphatic rings. The van der Waals surface area contributed by atoms with Crippen molar-refractivity contribution < 1.29 is 14.6 Å². The van der Waals surface area contributed by atoms with E-state index in [4.69, 9.17) is 9.72 Å². The number of H-pyrrole nitrogens is 1. The molecule has 1 fully saturated rings. The summed E-state index contributed by atoms with van der Waals surface area (Å²) < 4.78 is 7.93. The first-order valence-corrected chi connectivity index (χ1v) is 14.6. The Morgan fingerprint density at radius 3 is 2.71 bits per heavy atom. The van der Waals surface area contributed by atoms with Crippen molar-refractivity contribution in [3.8, 4) is 0 Å². The largest absolute Gasteiger partial charge is 0.395 e. The zero-order valence-corrected chi connectivity index (χ0v) is 23.9. The van der Waals surface area contributed by atoms with Crippen LogP contribution in [0.2, 0.25) is 0 Å². The molecule has 0 spiro atoms. The minimum atomic E-state index is -0.135. The number of carbonyl (C=O) groups excluding carboxylic acids is 1. The predicted molar refractivity (Wildman–Crippen MR) is 161 cm³/mol. The molecule has 216 valence electrons. The molecule has 1 aliphatic heterocycles. The zero-order chi connectivity index (χ0) is 28.9. The molecule has 0 bridgehead atoms. The zero-order valence-electron chi connectivity index (χ0n) is 23.1. The summed E-state index contributed by atoms with van der Waals surface area (Å²) in [6, 6.07) is 23.2. The van der Waals surface area contributed by atoms with Crippen molar-refractivity contribution in [3.05, 3.63) is 90.3 Å². The molecule has 4 heterocycles. The highest BCUT2D eigenvalue weighted by Gasteiger charge is 2.33. The molecule has 0 aliphatic carbocycles. The number of anilines is 3. The maximum atomic E-state index is 12.9. The first-order chi connectivity index (χ1) is 20.5. The van der Waals surface area contributed by atoms with Crippen LogP contribution in [-0.2, 0) is 16.1 Å². The van der Waals surface area contributed by atoms with E-state index in [0.29, 0.717) is 42.2 Å². The Bertz CT molecular complexity index is 1640. The van der Waals surface area contributed by atoms with Crippen LogP contribution < -0.4 is 10.6 Å². The van der Waals surface area contributed by atoms with Crippen LogP contribution in [0.5, 0.6) is 0 Å². The Labute approximate surface area is 247 Å². The molecule has 12 heteroatoms. The van der Waals surface area contributed by atoms with E-state index in [0.717, 1.165) is 21.8 Å². The van der Waals surface area contributed by atoms with Crippen molar-refractivity contribution in [2.24, 2.45) is 0 Å². The maximum Gasteiger partial charge on any atom is 0.238 e. The molecule has 1 amide bonds. The quantitative estimate of drug-likeness (QED) is 0.180. The van der Waals surface area contributed by atoms with Gasteiger partial charge in [0.15, 0.2) is 11.0 Å². The van der Waals surface area contributed by atoms with Crippen LogP contribution in [0, 0.1) is 6.92 Å². The van der Waals surface area contributed by atoms with Gasteiger partial charge in [0.1, 0.15) is 5.65 Å². The first-order valence-electron chi connectivity index (χ1n) is 13.7. The van der Waals surface area contributed by atoms with E-state index >= 15 is 0 Å². The summed E-state index contributed by atoms with van der Waals surface area (Å²) in [6.45, 7) is 3.22. The summed E-state index contributed by atoms with van der Waals surface area (Å²) in [7, 11) is 0. The highest BCUT2D eigenvalue weighted by molar-refractivity contribution is 7.99. The lowest BCUT2D eigenvalue weighted by Crippen LogP contribution is -2.38. The number of nitrogens with one attached hydrogen (secondary N) is 3. The number of rotatable bonds is 11. The SMILES string of the molecule is Cc1cc(Nc2nc(Sc3ccc(NC(=O)CN4C[C@H](OCc5ccccc5)C[C@H]4CO)cc3)nc3cccn23)n[nH]1. The third kappa shape index (κ3) is 6.80. The topological polar surface area (TPSA) is 133 Å². The normalized spacial score (nSPS) is 17.1. The van der Waals surface area contributed by atoms with Gasteiger partial charge in [-0.15, -0.1) is 0 Å². The van der Waals surface area contributed by atoms with Crippen molar-refractivity contribution in [1.29, 1.82) is 0 Å². The molecule has 5 aromatic rings. The number of benzene rings is 2. The Morgan fingerprint density at radius 2 is 1.95 bits per heavy atom. The lowest BCUT2D eigenvalue weighted by Gasteiger charge is -2.21. The molecular weight excluding hydrogens is 552 g/mol. The molecular formula is C30H32N8O3S. The Morgan fingerprint density at radius 1 is 1.12 bits per heavy atom. The van der Waals surface area contributed by atoms with Gasteiger partial charge in [-0.3, -0.25) is 19.2 Å². The number of aliphatic hydroxyl groups excluding tert-OH is 1. The number of aromatic nitrogens is 5. The third-order valence-electron chi connectivity index (χ3n) is 7.04. The lowest BCUT2D eigenvalue weighted by molar-refractivity contribution is -0.117. The molecule has 1 saturated heterocycles. The third-order valence-corrected chi connectivity index (χ3v) is 7.91. The van der Waals surface area contributed by atoms with Crippen molar-refractivity contribution in [2.45, 2.75) is 42.1 Å². The first kappa shape index (κ1) is 27.9. The van der Waals surface area contributed by atoms with Gasteiger partial charge in [-0.2, -0.15) is 10.1 Å². The van der Waals surface area contributed by atoms with Gasteiger partial charge in [0.05, 0.1) is 25.9 Å². The molecule has 6 rings (SSSR count). The number of amides is 1. The van der Waals surface area contributed by atoms with Crippen LogP contribution in [0.4, 0.5) is 17.5 Å². The predicted octanol–water partition coefficient (Wildman–Crippen LogP) is 4.25. The van der Waals surface area contributed by atoms with E-state index in [1.54, 1.807) is 0 Å². The number of aryl methyl sites for hydroxylation is 1. The van der Waals surface area contributed by atoms with Gasteiger partial charge in [-0.05, 0) is 67.1 Å². The van der Waals surface area contributed by atoms with Crippen molar-refractivity contribution >= 4 is 40.8 Å². The fourth-order valence-corrected chi connectivity index (χ4v) is 5.72. The number of ether oxygens (including phenoxy) is 1. The molecule has 2 atom stereocenters. The maximum absolute atomic E-state index is 12.9. The van der Waals surface area contributed by atoms with Gasteiger partial charge in [0.25, 0.3) is 0 Å². The van der Waals surface area contributed by atoms with E-state index in [1.807, 2.05) is 95.2 Å². The molecule has 0 unspecified atom stereocenters. The van der Waals surface area contributed by atoms with Crippen LogP contribution in [0.1, 0.15) is 17.7 Å². The summed E-state index contributed by atoms with van der Waals surface area (Å²) in [5.41, 5.74) is 3.51. The molecule has 0 saturated carbocycles. The Balaban J connectivity index is 1.04. The molecule has 11 nitrogen and oxygen atoms in total. The van der Waals surface area contributed by atoms with Gasteiger partial charge in [-0.1, -0.05) is 30.3 Å². The highest BCUT2D eigenvalue weighted by atomic mass is 32.2. The van der Waals surface area contributed by atoms with Gasteiger partial charge >= 0.3 is 0 Å². The van der Waals surface area contributed by atoms with Crippen LogP contribution >= 0.6 is 11.8 Å². The van der Waals surface area contributed by atoms with E-state index in [9.17, 15) is 9.90 Å². The monoisotopic (exact) mass is 584 g/mol. The fraction of sp³-hybridized carbons (Fsp3) is 0.267. The highest BCUT2D eigenvalue weighted by Crippen LogP contribution is 2.28. The van der Waals surface area contributed by atoms with Crippen molar-refractivity contribution in [2.75, 3.05) is 30.3 Å². The number of hydrogen-bond donors (Lipinski definition) is 4. The minimum absolute atomic E-state index is 0.0138. The lowest BCUT2D eigenvalue weighted by atomic mass is 10.2. The summed E-state index contributed by atoms with van der Waals surface area (Å²) in [5, 5.41) is 23.8. The van der Waals surface area contributed by atoms with E-state index in [2.05, 4.69) is 25.8 Å². The van der Waals surface area contributed by atoms with Crippen molar-refractivity contribution in [1.82, 2.24) is 29.5 Å². The second-order valence-electron chi connectivity index (χ2n) is 10.2. The molecule has 42 heavy (non-hydrogen) atoms. The number of hydrogen-bond acceptors (Lipinski definition) is 9. The molecule has 0 radical (unpaired) electrons. The number of carbonyl (C=O) groups is 1. The number of fused-ring (bicyclic) bond motifs is 1. The molecule has 2 aromatic carbocycles. The number of likely N-dealkylation sites (tertiary alicyclic amines) is 1. The van der Waals surface area contributed by atoms with Gasteiger partial charge in [0.2, 0.25) is 11.9 Å². The smallest absolute Gasteiger partial charge is 0.238 e. The van der Waals surface area contributed by atoms with Gasteiger partial charge in [0, 0.05) is 41.1 Å². The molecule has 4 N–H and O–H groups in total. The van der Waals surface area contributed by atoms with Crippen LogP contribution in [0.25, 0.3) is 5.65 Å². The van der Waals surface area contributed by atoms with Crippen molar-refractivity contribution in [3.63, 3.8) is 0 Å². The van der Waals surface area contributed by atoms with E-state index < -0.39 is 0 Å². The Hall–Kier alpha value is -4.23. The number of aromatic amines is 1. The summed E-state index contributed by atoms with van der Waals surface area (Å²) in [4.78, 5) is 25.1. The average molecular weight is 585 g/mol. The van der Waals surface area contributed by atoms with Crippen LogP contribution in [0.3, 0.4) is 0 Å². The summed E-state index contributed by atoms with van der Waals surface area (Å²) in [5.74, 6) is 1.15. The second-order valence-corrected chi connectivity index (χ2v) is 11.3. The number of aliphatic hydroxyl groups is 1. The fourth-order valence-electron chi connectivity index (χ4n) is 4.97. The summed E-state index contributed by atoms with van der Waals surface area (Å²) in [6.07, 6.45) is 2.56. The number of nitrogens with zero attached hydrogens (tertiary/aromatic N) is 5. The Kier molecular flexibility index (Phi) is 8.47.